The van der Waals surface area contributed by atoms with Crippen LogP contribution in [0.5, 0.6) is 5.75 Å². The zero-order chi connectivity index (χ0) is 13.8. The van der Waals surface area contributed by atoms with Crippen molar-refractivity contribution in [3.8, 4) is 5.75 Å². The number of piperidine rings is 1. The molecule has 4 heteroatoms. The number of nitrogens with one attached hydrogen (secondary N) is 1. The number of ether oxygens (including phenoxy) is 3. The third kappa shape index (κ3) is 2.97. The standard InChI is InChI=1S/C16H23NO3/c1-2-18-14-6-3-5-13(11-14)15-12-16(7-8-17-15)19-9-4-10-20-16/h3,5-6,11,15,17H,2,4,7-10,12H2,1H3. The highest BCUT2D eigenvalue weighted by Crippen LogP contribution is 2.36. The number of rotatable bonds is 3. The van der Waals surface area contributed by atoms with Crippen molar-refractivity contribution in [3.05, 3.63) is 29.8 Å². The van der Waals surface area contributed by atoms with Gasteiger partial charge in [-0.25, -0.2) is 0 Å². The molecule has 1 atom stereocenters. The highest BCUT2D eigenvalue weighted by atomic mass is 16.7. The van der Waals surface area contributed by atoms with E-state index in [0.717, 1.165) is 44.8 Å². The van der Waals surface area contributed by atoms with Gasteiger partial charge in [0.2, 0.25) is 0 Å². The van der Waals surface area contributed by atoms with Crippen LogP contribution in [0.4, 0.5) is 0 Å². The van der Waals surface area contributed by atoms with E-state index in [1.165, 1.54) is 5.56 Å². The zero-order valence-corrected chi connectivity index (χ0v) is 12.1. The van der Waals surface area contributed by atoms with E-state index in [1.54, 1.807) is 0 Å². The largest absolute Gasteiger partial charge is 0.494 e. The van der Waals surface area contributed by atoms with Crippen molar-refractivity contribution in [2.45, 2.75) is 38.0 Å². The second-order valence-electron chi connectivity index (χ2n) is 5.43. The first-order valence-electron chi connectivity index (χ1n) is 7.55. The quantitative estimate of drug-likeness (QED) is 0.922. The normalized spacial score (nSPS) is 25.6. The van der Waals surface area contributed by atoms with E-state index in [4.69, 9.17) is 14.2 Å². The molecule has 0 bridgehead atoms. The van der Waals surface area contributed by atoms with Gasteiger partial charge in [0.05, 0.1) is 19.8 Å². The molecular weight excluding hydrogens is 254 g/mol. The van der Waals surface area contributed by atoms with Crippen LogP contribution in [0.2, 0.25) is 0 Å². The molecule has 20 heavy (non-hydrogen) atoms. The van der Waals surface area contributed by atoms with Crippen molar-refractivity contribution in [2.75, 3.05) is 26.4 Å². The Balaban J connectivity index is 1.74. The SMILES string of the molecule is CCOc1cccc(C2CC3(CCN2)OCCCO3)c1. The molecule has 110 valence electrons. The maximum absolute atomic E-state index is 5.94. The van der Waals surface area contributed by atoms with Gasteiger partial charge in [0.1, 0.15) is 5.75 Å². The lowest BCUT2D eigenvalue weighted by molar-refractivity contribution is -0.281. The van der Waals surface area contributed by atoms with Crippen LogP contribution in [-0.2, 0) is 9.47 Å². The molecule has 0 saturated carbocycles. The van der Waals surface area contributed by atoms with Crippen LogP contribution < -0.4 is 10.1 Å². The Morgan fingerprint density at radius 3 is 3.00 bits per heavy atom. The molecule has 1 aromatic carbocycles. The Hall–Kier alpha value is -1.10. The van der Waals surface area contributed by atoms with Crippen LogP contribution >= 0.6 is 0 Å². The third-order valence-electron chi connectivity index (χ3n) is 4.00. The van der Waals surface area contributed by atoms with Gasteiger partial charge >= 0.3 is 0 Å². The average molecular weight is 277 g/mol. The van der Waals surface area contributed by atoms with Crippen molar-refractivity contribution >= 4 is 0 Å². The van der Waals surface area contributed by atoms with Crippen LogP contribution in [0.25, 0.3) is 0 Å². The molecule has 1 aromatic rings. The number of benzene rings is 1. The highest BCUT2D eigenvalue weighted by Gasteiger charge is 2.40. The Kier molecular flexibility index (Phi) is 4.24. The molecule has 1 spiro atoms. The second kappa shape index (κ2) is 6.12. The maximum atomic E-state index is 5.94. The van der Waals surface area contributed by atoms with Crippen molar-refractivity contribution < 1.29 is 14.2 Å². The summed E-state index contributed by atoms with van der Waals surface area (Å²) in [6, 6.07) is 8.57. The molecule has 4 nitrogen and oxygen atoms in total. The summed E-state index contributed by atoms with van der Waals surface area (Å²) in [6.07, 6.45) is 2.79. The molecule has 2 fully saturated rings. The summed E-state index contributed by atoms with van der Waals surface area (Å²) in [6.45, 7) is 5.24. The topological polar surface area (TPSA) is 39.7 Å². The first-order chi connectivity index (χ1) is 9.81. The van der Waals surface area contributed by atoms with Gasteiger partial charge in [-0.2, -0.15) is 0 Å². The van der Waals surface area contributed by atoms with Crippen molar-refractivity contribution in [1.82, 2.24) is 5.32 Å². The summed E-state index contributed by atoms with van der Waals surface area (Å²) in [7, 11) is 0. The summed E-state index contributed by atoms with van der Waals surface area (Å²) in [5.74, 6) is 0.549. The molecule has 1 N–H and O–H groups in total. The lowest BCUT2D eigenvalue weighted by Gasteiger charge is -2.43. The van der Waals surface area contributed by atoms with Crippen molar-refractivity contribution in [2.24, 2.45) is 0 Å². The fraction of sp³-hybridized carbons (Fsp3) is 0.625. The van der Waals surface area contributed by atoms with Crippen molar-refractivity contribution in [1.29, 1.82) is 0 Å². The van der Waals surface area contributed by atoms with E-state index >= 15 is 0 Å². The van der Waals surface area contributed by atoms with E-state index in [2.05, 4.69) is 17.4 Å². The number of hydrogen-bond acceptors (Lipinski definition) is 4. The smallest absolute Gasteiger partial charge is 0.171 e. The van der Waals surface area contributed by atoms with Crippen LogP contribution in [0.1, 0.15) is 37.8 Å². The monoisotopic (exact) mass is 277 g/mol. The molecule has 2 heterocycles. The Labute approximate surface area is 120 Å². The minimum absolute atomic E-state index is 0.266. The molecule has 0 aromatic heterocycles. The molecule has 0 radical (unpaired) electrons. The van der Waals surface area contributed by atoms with E-state index in [9.17, 15) is 0 Å². The van der Waals surface area contributed by atoms with E-state index < -0.39 is 0 Å². The van der Waals surface area contributed by atoms with Gasteiger partial charge in [-0.15, -0.1) is 0 Å². The predicted molar refractivity (Wildman–Crippen MR) is 76.8 cm³/mol. The lowest BCUT2D eigenvalue weighted by atomic mass is 9.92. The van der Waals surface area contributed by atoms with E-state index in [1.807, 2.05) is 19.1 Å². The molecule has 0 amide bonds. The lowest BCUT2D eigenvalue weighted by Crippen LogP contribution is -2.49. The van der Waals surface area contributed by atoms with Crippen molar-refractivity contribution in [3.63, 3.8) is 0 Å². The molecule has 2 saturated heterocycles. The molecule has 2 aliphatic rings. The van der Waals surface area contributed by atoms with Gasteiger partial charge in [0.25, 0.3) is 0 Å². The van der Waals surface area contributed by atoms with Crippen LogP contribution in [0.15, 0.2) is 24.3 Å². The molecule has 0 aliphatic carbocycles. The second-order valence-corrected chi connectivity index (χ2v) is 5.43. The predicted octanol–water partition coefficient (Wildman–Crippen LogP) is 2.64. The maximum Gasteiger partial charge on any atom is 0.171 e. The zero-order valence-electron chi connectivity index (χ0n) is 12.1. The van der Waals surface area contributed by atoms with Gasteiger partial charge < -0.3 is 19.5 Å². The van der Waals surface area contributed by atoms with E-state index in [-0.39, 0.29) is 11.8 Å². The first kappa shape index (κ1) is 13.9. The first-order valence-corrected chi connectivity index (χ1v) is 7.55. The highest BCUT2D eigenvalue weighted by molar-refractivity contribution is 5.31. The van der Waals surface area contributed by atoms with Gasteiger partial charge in [0.15, 0.2) is 5.79 Å². The summed E-state index contributed by atoms with van der Waals surface area (Å²) in [4.78, 5) is 0. The van der Waals surface area contributed by atoms with Gasteiger partial charge in [0, 0.05) is 25.4 Å². The van der Waals surface area contributed by atoms with E-state index in [0.29, 0.717) is 6.61 Å². The van der Waals surface area contributed by atoms with Gasteiger partial charge in [-0.3, -0.25) is 0 Å². The molecule has 1 unspecified atom stereocenters. The Bertz CT molecular complexity index is 438. The fourth-order valence-electron chi connectivity index (χ4n) is 3.02. The minimum atomic E-state index is -0.379. The minimum Gasteiger partial charge on any atom is -0.494 e. The Morgan fingerprint density at radius 2 is 2.20 bits per heavy atom. The van der Waals surface area contributed by atoms with Gasteiger partial charge in [-0.05, 0) is 31.0 Å². The fourth-order valence-corrected chi connectivity index (χ4v) is 3.02. The van der Waals surface area contributed by atoms with Crippen LogP contribution in [0, 0.1) is 0 Å². The van der Waals surface area contributed by atoms with Gasteiger partial charge in [-0.1, -0.05) is 12.1 Å². The summed E-state index contributed by atoms with van der Waals surface area (Å²) in [5.41, 5.74) is 1.24. The third-order valence-corrected chi connectivity index (χ3v) is 4.00. The molecule has 2 aliphatic heterocycles. The summed E-state index contributed by atoms with van der Waals surface area (Å²) < 4.78 is 17.5. The molecular formula is C16H23NO3. The number of hydrogen-bond donors (Lipinski definition) is 1. The summed E-state index contributed by atoms with van der Waals surface area (Å²) in [5, 5.41) is 3.56. The Morgan fingerprint density at radius 1 is 1.35 bits per heavy atom. The summed E-state index contributed by atoms with van der Waals surface area (Å²) >= 11 is 0. The average Bonchev–Trinajstić information content (AvgIpc) is 2.49. The molecule has 3 rings (SSSR count). The van der Waals surface area contributed by atoms with Crippen LogP contribution in [-0.4, -0.2) is 32.2 Å². The van der Waals surface area contributed by atoms with Crippen LogP contribution in [0.3, 0.4) is 0 Å².